The molecular formula is C29H28Cl2N2O5. The summed E-state index contributed by atoms with van der Waals surface area (Å²) < 4.78 is 11.3. The zero-order chi connectivity index (χ0) is 27.4. The molecule has 198 valence electrons. The van der Waals surface area contributed by atoms with Crippen molar-refractivity contribution in [2.45, 2.75) is 33.1 Å². The highest BCUT2D eigenvalue weighted by atomic mass is 35.5. The molecule has 0 aromatic heterocycles. The fraction of sp³-hybridized carbons (Fsp3) is 0.276. The van der Waals surface area contributed by atoms with E-state index in [0.717, 1.165) is 16.9 Å². The Morgan fingerprint density at radius 3 is 2.47 bits per heavy atom. The van der Waals surface area contributed by atoms with E-state index in [-0.39, 0.29) is 23.9 Å². The normalized spacial score (nSPS) is 15.1. The van der Waals surface area contributed by atoms with Gasteiger partial charge in [-0.15, -0.1) is 0 Å². The Hall–Kier alpha value is -3.55. The Bertz CT molecular complexity index is 1360. The van der Waals surface area contributed by atoms with Crippen LogP contribution in [0.15, 0.2) is 60.7 Å². The summed E-state index contributed by atoms with van der Waals surface area (Å²) in [4.78, 5) is 38.9. The number of aryl methyl sites for hydroxylation is 1. The molecule has 0 unspecified atom stereocenters. The largest absolute Gasteiger partial charge is 0.457 e. The second-order valence-electron chi connectivity index (χ2n) is 9.48. The number of nitrogens with zero attached hydrogens (tertiary/aromatic N) is 1. The fourth-order valence-corrected chi connectivity index (χ4v) is 4.63. The number of hydrogen-bond donors (Lipinski definition) is 1. The number of ether oxygens (including phenoxy) is 2. The van der Waals surface area contributed by atoms with Gasteiger partial charge in [0.15, 0.2) is 6.61 Å². The first kappa shape index (κ1) is 27.5. The molecule has 0 spiro atoms. The molecule has 0 bridgehead atoms. The van der Waals surface area contributed by atoms with Crippen molar-refractivity contribution < 1.29 is 23.9 Å². The third-order valence-electron chi connectivity index (χ3n) is 6.18. The Balaban J connectivity index is 1.33. The van der Waals surface area contributed by atoms with Crippen molar-refractivity contribution in [2.75, 3.05) is 23.4 Å². The van der Waals surface area contributed by atoms with Gasteiger partial charge < -0.3 is 19.7 Å². The van der Waals surface area contributed by atoms with Gasteiger partial charge in [-0.25, -0.2) is 0 Å². The lowest BCUT2D eigenvalue weighted by Gasteiger charge is -2.18. The summed E-state index contributed by atoms with van der Waals surface area (Å²) in [6.45, 7) is 5.91. The van der Waals surface area contributed by atoms with Gasteiger partial charge in [0.25, 0.3) is 5.91 Å². The van der Waals surface area contributed by atoms with Crippen LogP contribution >= 0.6 is 23.2 Å². The Morgan fingerprint density at radius 1 is 1.05 bits per heavy atom. The van der Waals surface area contributed by atoms with Crippen molar-refractivity contribution in [1.29, 1.82) is 0 Å². The molecule has 1 N–H and O–H groups in total. The molecule has 4 rings (SSSR count). The van der Waals surface area contributed by atoms with E-state index in [1.54, 1.807) is 36.4 Å². The zero-order valence-electron chi connectivity index (χ0n) is 21.3. The van der Waals surface area contributed by atoms with Gasteiger partial charge >= 0.3 is 5.97 Å². The summed E-state index contributed by atoms with van der Waals surface area (Å²) in [7, 11) is 0. The predicted molar refractivity (Wildman–Crippen MR) is 148 cm³/mol. The Kier molecular flexibility index (Phi) is 8.59. The predicted octanol–water partition coefficient (Wildman–Crippen LogP) is 6.75. The van der Waals surface area contributed by atoms with Gasteiger partial charge in [0, 0.05) is 23.7 Å². The molecule has 38 heavy (non-hydrogen) atoms. The topological polar surface area (TPSA) is 84.9 Å². The van der Waals surface area contributed by atoms with Crippen molar-refractivity contribution in [3.05, 3.63) is 81.8 Å². The highest BCUT2D eigenvalue weighted by Gasteiger charge is 2.36. The van der Waals surface area contributed by atoms with Gasteiger partial charge in [0.2, 0.25) is 5.91 Å². The monoisotopic (exact) mass is 554 g/mol. The van der Waals surface area contributed by atoms with Crippen molar-refractivity contribution in [1.82, 2.24) is 0 Å². The van der Waals surface area contributed by atoms with Crippen LogP contribution in [-0.4, -0.2) is 30.9 Å². The van der Waals surface area contributed by atoms with Crippen LogP contribution in [0.3, 0.4) is 0 Å². The first-order valence-corrected chi connectivity index (χ1v) is 13.0. The lowest BCUT2D eigenvalue weighted by atomic mass is 10.0. The number of anilines is 2. The quantitative estimate of drug-likeness (QED) is 0.311. The lowest BCUT2D eigenvalue weighted by Crippen LogP contribution is -2.28. The summed E-state index contributed by atoms with van der Waals surface area (Å²) in [6.07, 6.45) is 0.00274. The number of rotatable bonds is 8. The van der Waals surface area contributed by atoms with Crippen LogP contribution in [0.25, 0.3) is 0 Å². The smallest absolute Gasteiger partial charge is 0.311 e. The number of amides is 2. The number of halogens is 2. The molecule has 1 aliphatic heterocycles. The average molecular weight is 555 g/mol. The van der Waals surface area contributed by atoms with E-state index < -0.39 is 24.4 Å². The maximum Gasteiger partial charge on any atom is 0.311 e. The SMILES string of the molecule is Cc1ccc(C(C)C)c(Oc2ccc(N3C[C@@H](C(=O)OCC(=O)Nc4ccc(Cl)cc4Cl)CC3=O)cc2)c1. The third kappa shape index (κ3) is 6.65. The molecule has 0 radical (unpaired) electrons. The standard InChI is InChI=1S/C29H28Cl2N2O5/c1-17(2)23-10-4-18(3)12-26(23)38-22-8-6-21(7-9-22)33-15-19(13-28(33)35)29(36)37-16-27(34)32-25-11-5-20(30)14-24(25)31/h4-12,14,17,19H,13,15-16H2,1-3H3,(H,32,34)/t19-/m0/s1. The molecule has 0 aliphatic carbocycles. The molecule has 1 aliphatic rings. The van der Waals surface area contributed by atoms with Crippen LogP contribution in [0.2, 0.25) is 10.0 Å². The molecule has 7 nitrogen and oxygen atoms in total. The molecule has 2 amide bonds. The number of hydrogen-bond acceptors (Lipinski definition) is 5. The van der Waals surface area contributed by atoms with Crippen LogP contribution in [0.5, 0.6) is 11.5 Å². The second kappa shape index (κ2) is 11.9. The number of carbonyl (C=O) groups is 3. The molecule has 3 aromatic carbocycles. The molecular weight excluding hydrogens is 527 g/mol. The van der Waals surface area contributed by atoms with Gasteiger partial charge in [-0.1, -0.05) is 49.2 Å². The van der Waals surface area contributed by atoms with Gasteiger partial charge in [0.05, 0.1) is 16.6 Å². The molecule has 1 heterocycles. The minimum atomic E-state index is -0.675. The van der Waals surface area contributed by atoms with E-state index in [9.17, 15) is 14.4 Å². The van der Waals surface area contributed by atoms with E-state index in [0.29, 0.717) is 28.1 Å². The van der Waals surface area contributed by atoms with Gasteiger partial charge in [-0.2, -0.15) is 0 Å². The summed E-state index contributed by atoms with van der Waals surface area (Å²) in [5.41, 5.74) is 3.23. The van der Waals surface area contributed by atoms with E-state index in [1.807, 2.05) is 13.0 Å². The lowest BCUT2D eigenvalue weighted by molar-refractivity contribution is -0.151. The average Bonchev–Trinajstić information content (AvgIpc) is 3.26. The van der Waals surface area contributed by atoms with Crippen molar-refractivity contribution >= 4 is 52.4 Å². The molecule has 0 saturated carbocycles. The van der Waals surface area contributed by atoms with Crippen LogP contribution < -0.4 is 15.0 Å². The van der Waals surface area contributed by atoms with E-state index in [2.05, 4.69) is 31.3 Å². The zero-order valence-corrected chi connectivity index (χ0v) is 22.8. The maximum atomic E-state index is 12.6. The Morgan fingerprint density at radius 2 is 1.79 bits per heavy atom. The Labute approximate surface area is 231 Å². The van der Waals surface area contributed by atoms with Crippen molar-refractivity contribution in [2.24, 2.45) is 5.92 Å². The van der Waals surface area contributed by atoms with Crippen LogP contribution in [0.4, 0.5) is 11.4 Å². The first-order valence-electron chi connectivity index (χ1n) is 12.2. The van der Waals surface area contributed by atoms with Crippen LogP contribution in [0, 0.1) is 12.8 Å². The minimum absolute atomic E-state index is 0.00274. The van der Waals surface area contributed by atoms with E-state index in [1.165, 1.54) is 11.0 Å². The van der Waals surface area contributed by atoms with Gasteiger partial charge in [-0.05, 0) is 72.5 Å². The highest BCUT2D eigenvalue weighted by molar-refractivity contribution is 6.36. The number of carbonyl (C=O) groups excluding carboxylic acids is 3. The van der Waals surface area contributed by atoms with Crippen molar-refractivity contribution in [3.8, 4) is 11.5 Å². The molecule has 1 saturated heterocycles. The van der Waals surface area contributed by atoms with Crippen molar-refractivity contribution in [3.63, 3.8) is 0 Å². The van der Waals surface area contributed by atoms with E-state index in [4.69, 9.17) is 32.7 Å². The third-order valence-corrected chi connectivity index (χ3v) is 6.72. The number of nitrogens with one attached hydrogen (secondary N) is 1. The molecule has 1 atom stereocenters. The van der Waals surface area contributed by atoms with Gasteiger partial charge in [0.1, 0.15) is 11.5 Å². The highest BCUT2D eigenvalue weighted by Crippen LogP contribution is 2.33. The number of esters is 1. The molecule has 9 heteroatoms. The summed E-state index contributed by atoms with van der Waals surface area (Å²) >= 11 is 11.9. The maximum absolute atomic E-state index is 12.6. The second-order valence-corrected chi connectivity index (χ2v) is 10.3. The van der Waals surface area contributed by atoms with Crippen LogP contribution in [-0.2, 0) is 19.1 Å². The summed E-state index contributed by atoms with van der Waals surface area (Å²) in [6, 6.07) is 17.9. The number of benzene rings is 3. The minimum Gasteiger partial charge on any atom is -0.457 e. The summed E-state index contributed by atoms with van der Waals surface area (Å²) in [5, 5.41) is 3.27. The van der Waals surface area contributed by atoms with Crippen LogP contribution in [0.1, 0.15) is 37.3 Å². The van der Waals surface area contributed by atoms with E-state index >= 15 is 0 Å². The molecule has 3 aromatic rings. The fourth-order valence-electron chi connectivity index (χ4n) is 4.17. The summed E-state index contributed by atoms with van der Waals surface area (Å²) in [5.74, 6) is -0.270. The van der Waals surface area contributed by atoms with Gasteiger partial charge in [-0.3, -0.25) is 14.4 Å². The first-order chi connectivity index (χ1) is 18.1. The molecule has 1 fully saturated rings.